The number of hydrogen-bond donors (Lipinski definition) is 0. The van der Waals surface area contributed by atoms with E-state index in [1.807, 2.05) is 17.0 Å². The molecule has 0 atom stereocenters. The maximum Gasteiger partial charge on any atom is 0.267 e. The van der Waals surface area contributed by atoms with E-state index in [0.717, 1.165) is 68.1 Å². The van der Waals surface area contributed by atoms with Crippen molar-refractivity contribution in [1.82, 2.24) is 19.6 Å². The van der Waals surface area contributed by atoms with Gasteiger partial charge in [0.15, 0.2) is 11.5 Å². The van der Waals surface area contributed by atoms with Crippen molar-refractivity contribution < 1.29 is 14.3 Å². The van der Waals surface area contributed by atoms with Gasteiger partial charge in [0.05, 0.1) is 5.69 Å². The van der Waals surface area contributed by atoms with Gasteiger partial charge in [-0.15, -0.1) is 0 Å². The first-order valence-electron chi connectivity index (χ1n) is 10.6. The number of benzene rings is 1. The summed E-state index contributed by atoms with van der Waals surface area (Å²) in [5.74, 6) is 1.55. The Balaban J connectivity index is 1.17. The molecule has 1 aliphatic carbocycles. The standard InChI is InChI=1S/C22H26N4O4/c27-21-12-17-3-1-2-4-18(17)23-26(21)14-22(28)25-9-7-24(8-10-25)13-16-5-6-19-20(11-16)30-15-29-19/h5-6,11-12H,1-4,7-10,13-15H2. The summed E-state index contributed by atoms with van der Waals surface area (Å²) in [5.41, 5.74) is 3.02. The Morgan fingerprint density at radius 1 is 1.00 bits per heavy atom. The second-order valence-electron chi connectivity index (χ2n) is 8.16. The summed E-state index contributed by atoms with van der Waals surface area (Å²) in [6.45, 7) is 4.02. The zero-order chi connectivity index (χ0) is 20.5. The molecule has 0 saturated carbocycles. The van der Waals surface area contributed by atoms with Crippen LogP contribution in [0.15, 0.2) is 29.1 Å². The van der Waals surface area contributed by atoms with Crippen LogP contribution in [0.4, 0.5) is 0 Å². The molecule has 8 nitrogen and oxygen atoms in total. The molecule has 0 radical (unpaired) electrons. The molecule has 2 aromatic rings. The Kier molecular flexibility index (Phi) is 5.16. The second kappa shape index (κ2) is 8.10. The molecule has 30 heavy (non-hydrogen) atoms. The predicted molar refractivity (Wildman–Crippen MR) is 110 cm³/mol. The van der Waals surface area contributed by atoms with Gasteiger partial charge in [-0.1, -0.05) is 6.07 Å². The number of carbonyl (C=O) groups excluding carboxylic acids is 1. The van der Waals surface area contributed by atoms with Crippen molar-refractivity contribution in [1.29, 1.82) is 0 Å². The van der Waals surface area contributed by atoms with E-state index in [1.54, 1.807) is 6.07 Å². The molecule has 0 unspecified atom stereocenters. The molecule has 1 aromatic heterocycles. The molecule has 8 heteroatoms. The van der Waals surface area contributed by atoms with E-state index in [9.17, 15) is 9.59 Å². The van der Waals surface area contributed by atoms with Gasteiger partial charge in [-0.25, -0.2) is 4.68 Å². The largest absolute Gasteiger partial charge is 0.454 e. The van der Waals surface area contributed by atoms with Gasteiger partial charge in [0.2, 0.25) is 12.7 Å². The third-order valence-corrected chi connectivity index (χ3v) is 6.13. The van der Waals surface area contributed by atoms with E-state index >= 15 is 0 Å². The van der Waals surface area contributed by atoms with Crippen LogP contribution < -0.4 is 15.0 Å². The summed E-state index contributed by atoms with van der Waals surface area (Å²) in [6.07, 6.45) is 4.01. The van der Waals surface area contributed by atoms with E-state index in [-0.39, 0.29) is 24.8 Å². The van der Waals surface area contributed by atoms with Gasteiger partial charge in [-0.3, -0.25) is 14.5 Å². The smallest absolute Gasteiger partial charge is 0.267 e. The number of fused-ring (bicyclic) bond motifs is 2. The summed E-state index contributed by atoms with van der Waals surface area (Å²) in [7, 11) is 0. The van der Waals surface area contributed by atoms with Crippen LogP contribution in [0.1, 0.15) is 29.7 Å². The number of rotatable bonds is 4. The van der Waals surface area contributed by atoms with Crippen LogP contribution in [0.2, 0.25) is 0 Å². The number of amides is 1. The molecule has 1 aromatic carbocycles. The van der Waals surface area contributed by atoms with Crippen molar-refractivity contribution in [2.24, 2.45) is 0 Å². The van der Waals surface area contributed by atoms with E-state index in [1.165, 1.54) is 10.2 Å². The van der Waals surface area contributed by atoms with Crippen LogP contribution in [0, 0.1) is 0 Å². The number of carbonyl (C=O) groups is 1. The zero-order valence-electron chi connectivity index (χ0n) is 17.0. The molecule has 1 fully saturated rings. The predicted octanol–water partition coefficient (Wildman–Crippen LogP) is 1.20. The zero-order valence-corrected chi connectivity index (χ0v) is 17.0. The summed E-state index contributed by atoms with van der Waals surface area (Å²) >= 11 is 0. The lowest BCUT2D eigenvalue weighted by molar-refractivity contribution is -0.133. The Bertz CT molecular complexity index is 1010. The van der Waals surface area contributed by atoms with Gasteiger partial charge in [0, 0.05) is 38.8 Å². The Morgan fingerprint density at radius 2 is 1.80 bits per heavy atom. The third-order valence-electron chi connectivity index (χ3n) is 6.13. The quantitative estimate of drug-likeness (QED) is 0.754. The highest BCUT2D eigenvalue weighted by Crippen LogP contribution is 2.32. The van der Waals surface area contributed by atoms with Crippen molar-refractivity contribution in [3.05, 3.63) is 51.4 Å². The fourth-order valence-electron chi connectivity index (χ4n) is 4.40. The molecule has 2 aliphatic heterocycles. The number of hydrogen-bond acceptors (Lipinski definition) is 6. The minimum Gasteiger partial charge on any atom is -0.454 e. The number of nitrogens with zero attached hydrogens (tertiary/aromatic N) is 4. The maximum atomic E-state index is 12.8. The minimum absolute atomic E-state index is 0.0221. The monoisotopic (exact) mass is 410 g/mol. The molecule has 0 bridgehead atoms. The molecule has 3 heterocycles. The minimum atomic E-state index is -0.176. The van der Waals surface area contributed by atoms with Gasteiger partial charge in [0.25, 0.3) is 5.56 Å². The Labute approximate surface area is 175 Å². The van der Waals surface area contributed by atoms with Gasteiger partial charge in [-0.2, -0.15) is 5.10 Å². The first kappa shape index (κ1) is 19.1. The number of ether oxygens (including phenoxy) is 2. The first-order valence-corrected chi connectivity index (χ1v) is 10.6. The van der Waals surface area contributed by atoms with Gasteiger partial charge >= 0.3 is 0 Å². The van der Waals surface area contributed by atoms with Crippen LogP contribution >= 0.6 is 0 Å². The van der Waals surface area contributed by atoms with Gasteiger partial charge in [0.1, 0.15) is 6.54 Å². The SMILES string of the molecule is O=C(Cn1nc2c(cc1=O)CCCC2)N1CCN(Cc2ccc3c(c2)OCO3)CC1. The van der Waals surface area contributed by atoms with E-state index in [2.05, 4.69) is 16.1 Å². The topological polar surface area (TPSA) is 76.9 Å². The van der Waals surface area contributed by atoms with Crippen LogP contribution in [0.3, 0.4) is 0 Å². The van der Waals surface area contributed by atoms with Crippen LogP contribution in [-0.4, -0.2) is 58.5 Å². The van der Waals surface area contributed by atoms with Crippen molar-refractivity contribution in [3.8, 4) is 11.5 Å². The number of aromatic nitrogens is 2. The Hall–Kier alpha value is -2.87. The molecular weight excluding hydrogens is 384 g/mol. The van der Waals surface area contributed by atoms with E-state index in [0.29, 0.717) is 13.1 Å². The van der Waals surface area contributed by atoms with Crippen LogP contribution in [-0.2, 0) is 30.7 Å². The number of aryl methyl sites for hydroxylation is 2. The van der Waals surface area contributed by atoms with Crippen LogP contribution in [0.25, 0.3) is 0 Å². The van der Waals surface area contributed by atoms with Crippen LogP contribution in [0.5, 0.6) is 11.5 Å². The molecule has 5 rings (SSSR count). The number of piperazine rings is 1. The average Bonchev–Trinajstić information content (AvgIpc) is 3.23. The highest BCUT2D eigenvalue weighted by molar-refractivity contribution is 5.76. The van der Waals surface area contributed by atoms with Gasteiger partial charge < -0.3 is 14.4 Å². The Morgan fingerprint density at radius 3 is 2.67 bits per heavy atom. The normalized spacial score (nSPS) is 18.3. The molecule has 0 spiro atoms. The summed E-state index contributed by atoms with van der Waals surface area (Å²) in [6, 6.07) is 7.69. The van der Waals surface area contributed by atoms with Crippen molar-refractivity contribution >= 4 is 5.91 Å². The highest BCUT2D eigenvalue weighted by Gasteiger charge is 2.23. The van der Waals surface area contributed by atoms with Gasteiger partial charge in [-0.05, 0) is 48.9 Å². The molecule has 1 saturated heterocycles. The maximum absolute atomic E-state index is 12.8. The highest BCUT2D eigenvalue weighted by atomic mass is 16.7. The third kappa shape index (κ3) is 3.92. The fraction of sp³-hybridized carbons (Fsp3) is 0.500. The molecule has 158 valence electrons. The summed E-state index contributed by atoms with van der Waals surface area (Å²) in [4.78, 5) is 29.3. The lowest BCUT2D eigenvalue weighted by Crippen LogP contribution is -2.49. The molecule has 0 N–H and O–H groups in total. The fourth-order valence-corrected chi connectivity index (χ4v) is 4.40. The summed E-state index contributed by atoms with van der Waals surface area (Å²) in [5, 5.41) is 4.47. The molecule has 1 amide bonds. The van der Waals surface area contributed by atoms with Crippen molar-refractivity contribution in [2.75, 3.05) is 33.0 Å². The average molecular weight is 410 g/mol. The molecular formula is C22H26N4O4. The first-order chi connectivity index (χ1) is 14.7. The molecule has 3 aliphatic rings. The lowest BCUT2D eigenvalue weighted by Gasteiger charge is -2.34. The van der Waals surface area contributed by atoms with Crippen molar-refractivity contribution in [2.45, 2.75) is 38.8 Å². The van der Waals surface area contributed by atoms with E-state index < -0.39 is 0 Å². The van der Waals surface area contributed by atoms with Crippen molar-refractivity contribution in [3.63, 3.8) is 0 Å². The van der Waals surface area contributed by atoms with E-state index in [4.69, 9.17) is 9.47 Å². The lowest BCUT2D eigenvalue weighted by atomic mass is 9.97. The second-order valence-corrected chi connectivity index (χ2v) is 8.16. The summed E-state index contributed by atoms with van der Waals surface area (Å²) < 4.78 is 12.2.